The molecule has 0 spiro atoms. The van der Waals surface area contributed by atoms with Crippen LogP contribution in [-0.4, -0.2) is 62.3 Å². The van der Waals surface area contributed by atoms with Crippen molar-refractivity contribution in [1.29, 1.82) is 0 Å². The zero-order valence-corrected chi connectivity index (χ0v) is 15.9. The molecule has 7 nitrogen and oxygen atoms in total. The van der Waals surface area contributed by atoms with E-state index < -0.39 is 21.7 Å². The first-order valence-electron chi connectivity index (χ1n) is 8.79. The van der Waals surface area contributed by atoms with E-state index in [1.807, 2.05) is 0 Å². The van der Waals surface area contributed by atoms with Crippen LogP contribution in [0.15, 0.2) is 42.5 Å². The zero-order valence-electron chi connectivity index (χ0n) is 15.1. The molecule has 0 aromatic heterocycles. The Morgan fingerprint density at radius 2 is 1.89 bits per heavy atom. The van der Waals surface area contributed by atoms with Gasteiger partial charge in [0.05, 0.1) is 19.0 Å². The number of nitrogens with one attached hydrogen (secondary N) is 1. The van der Waals surface area contributed by atoms with Crippen LogP contribution in [0.5, 0.6) is 5.75 Å². The van der Waals surface area contributed by atoms with Crippen molar-refractivity contribution in [1.82, 2.24) is 9.62 Å². The predicted octanol–water partition coefficient (Wildman–Crippen LogP) is 1.59. The number of carbonyl (C=O) groups excluding carboxylic acids is 1. The predicted molar refractivity (Wildman–Crippen MR) is 102 cm³/mol. The van der Waals surface area contributed by atoms with E-state index in [1.165, 1.54) is 22.5 Å². The number of phenolic OH excluding ortho intramolecular Hbond substituents is 1. The molecule has 1 fully saturated rings. The molecule has 0 saturated carbocycles. The van der Waals surface area contributed by atoms with Crippen LogP contribution < -0.4 is 5.32 Å². The largest absolute Gasteiger partial charge is 0.507 e. The fraction of sp³-hybridized carbons (Fsp3) is 0.316. The van der Waals surface area contributed by atoms with Crippen molar-refractivity contribution in [3.8, 4) is 16.9 Å². The summed E-state index contributed by atoms with van der Waals surface area (Å²) in [5, 5.41) is 12.4. The van der Waals surface area contributed by atoms with Crippen molar-refractivity contribution < 1.29 is 27.4 Å². The van der Waals surface area contributed by atoms with E-state index in [0.29, 0.717) is 37.4 Å². The van der Waals surface area contributed by atoms with Crippen LogP contribution >= 0.6 is 0 Å². The number of amides is 1. The van der Waals surface area contributed by atoms with Crippen molar-refractivity contribution >= 4 is 15.9 Å². The number of hydrogen-bond acceptors (Lipinski definition) is 5. The summed E-state index contributed by atoms with van der Waals surface area (Å²) in [5.74, 6) is -1.50. The lowest BCUT2D eigenvalue weighted by Gasteiger charge is -2.26. The van der Waals surface area contributed by atoms with Gasteiger partial charge in [0, 0.05) is 30.8 Å². The molecule has 1 saturated heterocycles. The number of benzene rings is 2. The van der Waals surface area contributed by atoms with Gasteiger partial charge in [-0.25, -0.2) is 12.8 Å². The summed E-state index contributed by atoms with van der Waals surface area (Å²) in [6, 6.07) is 10.1. The molecule has 2 aromatic carbocycles. The van der Waals surface area contributed by atoms with Gasteiger partial charge < -0.3 is 15.2 Å². The third-order valence-electron chi connectivity index (χ3n) is 4.38. The van der Waals surface area contributed by atoms with Crippen LogP contribution in [0.25, 0.3) is 11.1 Å². The molecule has 1 aliphatic heterocycles. The van der Waals surface area contributed by atoms with Crippen LogP contribution in [0.2, 0.25) is 0 Å². The molecular formula is C19H21FN2O5S. The van der Waals surface area contributed by atoms with Crippen LogP contribution in [-0.2, 0) is 14.8 Å². The molecule has 1 amide bonds. The van der Waals surface area contributed by atoms with E-state index in [2.05, 4.69) is 5.32 Å². The lowest BCUT2D eigenvalue weighted by atomic mass is 10.0. The SMILES string of the molecule is O=C(NCCS(=O)(=O)N1CCOCC1)c1cc(F)cc(-c2ccccc2O)c1. The van der Waals surface area contributed by atoms with Gasteiger partial charge in [0.2, 0.25) is 10.0 Å². The number of ether oxygens (including phenoxy) is 1. The topological polar surface area (TPSA) is 95.9 Å². The summed E-state index contributed by atoms with van der Waals surface area (Å²) in [7, 11) is -3.49. The number of sulfonamides is 1. The monoisotopic (exact) mass is 408 g/mol. The van der Waals surface area contributed by atoms with Gasteiger partial charge in [-0.1, -0.05) is 18.2 Å². The van der Waals surface area contributed by atoms with E-state index in [-0.39, 0.29) is 23.6 Å². The van der Waals surface area contributed by atoms with Gasteiger partial charge in [-0.3, -0.25) is 4.79 Å². The normalized spacial score (nSPS) is 15.3. The van der Waals surface area contributed by atoms with Crippen LogP contribution in [0.4, 0.5) is 4.39 Å². The Bertz CT molecular complexity index is 959. The highest BCUT2D eigenvalue weighted by Gasteiger charge is 2.24. The minimum absolute atomic E-state index is 0.0314. The number of morpholine rings is 1. The fourth-order valence-electron chi connectivity index (χ4n) is 2.94. The first-order valence-corrected chi connectivity index (χ1v) is 10.4. The van der Waals surface area contributed by atoms with Gasteiger partial charge in [-0.15, -0.1) is 0 Å². The summed E-state index contributed by atoms with van der Waals surface area (Å²) in [4.78, 5) is 12.4. The molecule has 28 heavy (non-hydrogen) atoms. The smallest absolute Gasteiger partial charge is 0.251 e. The highest BCUT2D eigenvalue weighted by molar-refractivity contribution is 7.89. The summed E-state index contributed by atoms with van der Waals surface area (Å²) in [5.41, 5.74) is 0.789. The molecule has 2 aromatic rings. The zero-order chi connectivity index (χ0) is 20.1. The second-order valence-electron chi connectivity index (χ2n) is 6.33. The number of rotatable bonds is 6. The lowest BCUT2D eigenvalue weighted by Crippen LogP contribution is -2.43. The number of nitrogens with zero attached hydrogens (tertiary/aromatic N) is 1. The van der Waals surface area contributed by atoms with Gasteiger partial charge >= 0.3 is 0 Å². The average Bonchev–Trinajstić information content (AvgIpc) is 2.68. The Morgan fingerprint density at radius 1 is 1.18 bits per heavy atom. The maximum Gasteiger partial charge on any atom is 0.251 e. The van der Waals surface area contributed by atoms with Crippen molar-refractivity contribution in [2.75, 3.05) is 38.6 Å². The maximum absolute atomic E-state index is 14.0. The number of aromatic hydroxyl groups is 1. The van der Waals surface area contributed by atoms with Gasteiger partial charge in [-0.05, 0) is 29.8 Å². The Morgan fingerprint density at radius 3 is 2.61 bits per heavy atom. The molecule has 0 aliphatic carbocycles. The van der Waals surface area contributed by atoms with E-state index in [4.69, 9.17) is 4.74 Å². The highest BCUT2D eigenvalue weighted by Crippen LogP contribution is 2.29. The van der Waals surface area contributed by atoms with Crippen LogP contribution in [0.3, 0.4) is 0 Å². The van der Waals surface area contributed by atoms with Gasteiger partial charge in [0.1, 0.15) is 11.6 Å². The summed E-state index contributed by atoms with van der Waals surface area (Å²) in [6.07, 6.45) is 0. The number of hydrogen-bond donors (Lipinski definition) is 2. The summed E-state index contributed by atoms with van der Waals surface area (Å²) in [6.45, 7) is 1.20. The third kappa shape index (κ3) is 4.86. The Labute approximate surface area is 162 Å². The molecule has 0 radical (unpaired) electrons. The number of para-hydroxylation sites is 1. The van der Waals surface area contributed by atoms with Crippen molar-refractivity contribution in [3.63, 3.8) is 0 Å². The molecule has 150 valence electrons. The maximum atomic E-state index is 14.0. The average molecular weight is 408 g/mol. The molecule has 0 bridgehead atoms. The third-order valence-corrected chi connectivity index (χ3v) is 6.26. The molecule has 1 aliphatic rings. The van der Waals surface area contributed by atoms with Crippen LogP contribution in [0, 0.1) is 5.82 Å². The van der Waals surface area contributed by atoms with E-state index in [1.54, 1.807) is 18.2 Å². The number of halogens is 1. The molecule has 2 N–H and O–H groups in total. The summed E-state index contributed by atoms with van der Waals surface area (Å²) < 4.78 is 45.0. The van der Waals surface area contributed by atoms with Crippen LogP contribution in [0.1, 0.15) is 10.4 Å². The van der Waals surface area contributed by atoms with Crippen molar-refractivity contribution in [2.24, 2.45) is 0 Å². The number of carbonyl (C=O) groups is 1. The lowest BCUT2D eigenvalue weighted by molar-refractivity contribution is 0.0730. The first kappa shape index (κ1) is 20.2. The minimum Gasteiger partial charge on any atom is -0.507 e. The van der Waals surface area contributed by atoms with Gasteiger partial charge in [0.15, 0.2) is 0 Å². The molecule has 0 unspecified atom stereocenters. The Balaban J connectivity index is 1.67. The van der Waals surface area contributed by atoms with E-state index >= 15 is 0 Å². The first-order chi connectivity index (χ1) is 13.4. The molecular weight excluding hydrogens is 387 g/mol. The van der Waals surface area contributed by atoms with Crippen molar-refractivity contribution in [3.05, 3.63) is 53.8 Å². The Hall–Kier alpha value is -2.49. The minimum atomic E-state index is -3.49. The standard InChI is InChI=1S/C19H21FN2O5S/c20-16-12-14(17-3-1-2-4-18(17)23)11-15(13-16)19(24)21-5-10-28(25,26)22-6-8-27-9-7-22/h1-4,11-13,23H,5-10H2,(H,21,24). The van der Waals surface area contributed by atoms with Gasteiger partial charge in [0.25, 0.3) is 5.91 Å². The highest BCUT2D eigenvalue weighted by atomic mass is 32.2. The number of phenols is 1. The molecule has 0 atom stereocenters. The molecule has 1 heterocycles. The second kappa shape index (κ2) is 8.68. The molecule has 9 heteroatoms. The van der Waals surface area contributed by atoms with E-state index in [0.717, 1.165) is 6.07 Å². The molecule has 3 rings (SSSR count). The van der Waals surface area contributed by atoms with Gasteiger partial charge in [-0.2, -0.15) is 4.31 Å². The quantitative estimate of drug-likeness (QED) is 0.757. The summed E-state index contributed by atoms with van der Waals surface area (Å²) >= 11 is 0. The second-order valence-corrected chi connectivity index (χ2v) is 8.42. The van der Waals surface area contributed by atoms with E-state index in [9.17, 15) is 22.7 Å². The fourth-order valence-corrected chi connectivity index (χ4v) is 4.27. The Kier molecular flexibility index (Phi) is 6.28. The van der Waals surface area contributed by atoms with Crippen molar-refractivity contribution in [2.45, 2.75) is 0 Å².